The van der Waals surface area contributed by atoms with Crippen LogP contribution < -0.4 is 4.90 Å². The molecule has 0 unspecified atom stereocenters. The van der Waals surface area contributed by atoms with E-state index in [1.165, 1.54) is 12.1 Å². The molecule has 1 aliphatic heterocycles. The lowest BCUT2D eigenvalue weighted by Crippen LogP contribution is -2.36. The van der Waals surface area contributed by atoms with Crippen molar-refractivity contribution < 1.29 is 0 Å². The topological polar surface area (TPSA) is 64.1 Å². The molecule has 1 saturated heterocycles. The van der Waals surface area contributed by atoms with Crippen LogP contribution in [-0.2, 0) is 7.05 Å². The molecule has 4 aromatic rings. The van der Waals surface area contributed by atoms with Gasteiger partial charge in [0.1, 0.15) is 12.1 Å². The Balaban J connectivity index is 1.66. The van der Waals surface area contributed by atoms with E-state index in [-0.39, 0.29) is 6.04 Å². The zero-order valence-electron chi connectivity index (χ0n) is 15.2. The fraction of sp³-hybridized carbons (Fsp3) is 0.300. The number of hydrogen-bond donors (Lipinski definition) is 0. The van der Waals surface area contributed by atoms with Gasteiger partial charge in [-0.05, 0) is 25.3 Å². The molecule has 1 atom stereocenters. The molecule has 0 spiro atoms. The second-order valence-electron chi connectivity index (χ2n) is 6.92. The fourth-order valence-electron chi connectivity index (χ4n) is 3.98. The van der Waals surface area contributed by atoms with Gasteiger partial charge in [0.2, 0.25) is 0 Å². The Morgan fingerprint density at radius 2 is 1.93 bits per heavy atom. The number of anilines is 1. The van der Waals surface area contributed by atoms with E-state index in [0.29, 0.717) is 5.78 Å². The molecule has 7 heteroatoms. The van der Waals surface area contributed by atoms with Crippen LogP contribution in [0.3, 0.4) is 0 Å². The molecule has 1 aliphatic rings. The highest BCUT2D eigenvalue weighted by Crippen LogP contribution is 2.35. The molecule has 5 rings (SSSR count). The Hall–Kier alpha value is -3.22. The average molecular weight is 359 g/mol. The van der Waals surface area contributed by atoms with Crippen molar-refractivity contribution in [3.8, 4) is 11.3 Å². The van der Waals surface area contributed by atoms with Gasteiger partial charge in [-0.25, -0.2) is 4.98 Å². The van der Waals surface area contributed by atoms with Gasteiger partial charge in [-0.15, -0.1) is 0 Å². The zero-order chi connectivity index (χ0) is 18.2. The standard InChI is InChI=1S/C20H21N7/c1-25-17(10-11-22-25)18-9-5-6-12-26(18)19-13-16(15-7-3-2-4-8-15)24-20-21-14-23-27(19)20/h2-4,7-8,10-11,13-14,18H,5-6,9,12H2,1H3/t18-/m1/s1. The van der Waals surface area contributed by atoms with Gasteiger partial charge in [0.05, 0.1) is 17.4 Å². The number of aryl methyl sites for hydroxylation is 1. The van der Waals surface area contributed by atoms with Gasteiger partial charge in [0.15, 0.2) is 0 Å². The molecular formula is C20H21N7. The molecule has 0 radical (unpaired) electrons. The van der Waals surface area contributed by atoms with Crippen molar-refractivity contribution in [3.63, 3.8) is 0 Å². The van der Waals surface area contributed by atoms with Gasteiger partial charge in [0.25, 0.3) is 5.78 Å². The van der Waals surface area contributed by atoms with Crippen molar-refractivity contribution in [1.82, 2.24) is 29.4 Å². The maximum Gasteiger partial charge on any atom is 0.254 e. The largest absolute Gasteiger partial charge is 0.348 e. The lowest BCUT2D eigenvalue weighted by molar-refractivity contribution is 0.444. The van der Waals surface area contributed by atoms with Gasteiger partial charge < -0.3 is 4.90 Å². The highest BCUT2D eigenvalue weighted by atomic mass is 15.4. The van der Waals surface area contributed by atoms with Gasteiger partial charge >= 0.3 is 0 Å². The van der Waals surface area contributed by atoms with Gasteiger partial charge in [-0.1, -0.05) is 30.3 Å². The molecule has 1 aromatic carbocycles. The van der Waals surface area contributed by atoms with Crippen LogP contribution in [-0.4, -0.2) is 35.9 Å². The number of hydrogen-bond acceptors (Lipinski definition) is 5. The number of fused-ring (bicyclic) bond motifs is 1. The first kappa shape index (κ1) is 16.0. The highest BCUT2D eigenvalue weighted by molar-refractivity contribution is 5.66. The summed E-state index contributed by atoms with van der Waals surface area (Å²) in [5.74, 6) is 1.66. The van der Waals surface area contributed by atoms with E-state index in [4.69, 9.17) is 4.98 Å². The molecule has 7 nitrogen and oxygen atoms in total. The molecule has 0 saturated carbocycles. The summed E-state index contributed by atoms with van der Waals surface area (Å²) in [6.45, 7) is 0.975. The monoisotopic (exact) mass is 359 g/mol. The second-order valence-corrected chi connectivity index (χ2v) is 6.92. The first-order valence-electron chi connectivity index (χ1n) is 9.32. The van der Waals surface area contributed by atoms with Crippen LogP contribution in [0.25, 0.3) is 17.0 Å². The first-order chi connectivity index (χ1) is 13.3. The molecule has 0 N–H and O–H groups in total. The quantitative estimate of drug-likeness (QED) is 0.562. The van der Waals surface area contributed by atoms with E-state index in [2.05, 4.69) is 44.3 Å². The Morgan fingerprint density at radius 1 is 1.04 bits per heavy atom. The van der Waals surface area contributed by atoms with Crippen LogP contribution in [0.2, 0.25) is 0 Å². The fourth-order valence-corrected chi connectivity index (χ4v) is 3.98. The predicted molar refractivity (Wildman–Crippen MR) is 103 cm³/mol. The summed E-state index contributed by atoms with van der Waals surface area (Å²) in [7, 11) is 2.01. The molecule has 0 aliphatic carbocycles. The number of nitrogens with zero attached hydrogens (tertiary/aromatic N) is 7. The van der Waals surface area contributed by atoms with E-state index >= 15 is 0 Å². The van der Waals surface area contributed by atoms with E-state index < -0.39 is 0 Å². The molecule has 27 heavy (non-hydrogen) atoms. The number of rotatable bonds is 3. The Kier molecular flexibility index (Phi) is 3.85. The lowest BCUT2D eigenvalue weighted by Gasteiger charge is -2.37. The Bertz CT molecular complexity index is 1070. The smallest absolute Gasteiger partial charge is 0.254 e. The highest BCUT2D eigenvalue weighted by Gasteiger charge is 2.28. The maximum absolute atomic E-state index is 4.71. The van der Waals surface area contributed by atoms with Crippen LogP contribution >= 0.6 is 0 Å². The summed E-state index contributed by atoms with van der Waals surface area (Å²) < 4.78 is 3.82. The number of benzene rings is 1. The third-order valence-electron chi connectivity index (χ3n) is 5.30. The normalized spacial score (nSPS) is 17.5. The molecular weight excluding hydrogens is 338 g/mol. The molecule has 0 amide bonds. The Labute approximate surface area is 157 Å². The van der Waals surface area contributed by atoms with Crippen LogP contribution in [0.5, 0.6) is 0 Å². The van der Waals surface area contributed by atoms with Crippen molar-refractivity contribution in [2.45, 2.75) is 25.3 Å². The third-order valence-corrected chi connectivity index (χ3v) is 5.30. The van der Waals surface area contributed by atoms with Crippen LogP contribution in [0.15, 0.2) is 55.0 Å². The van der Waals surface area contributed by atoms with Crippen LogP contribution in [0.1, 0.15) is 31.0 Å². The lowest BCUT2D eigenvalue weighted by atomic mass is 9.99. The summed E-state index contributed by atoms with van der Waals surface area (Å²) in [5, 5.41) is 8.83. The van der Waals surface area contributed by atoms with Crippen molar-refractivity contribution in [3.05, 3.63) is 60.7 Å². The van der Waals surface area contributed by atoms with Crippen LogP contribution in [0.4, 0.5) is 5.82 Å². The summed E-state index contributed by atoms with van der Waals surface area (Å²) in [5.41, 5.74) is 3.22. The molecule has 0 bridgehead atoms. The molecule has 4 heterocycles. The second kappa shape index (κ2) is 6.50. The van der Waals surface area contributed by atoms with Crippen molar-refractivity contribution in [2.24, 2.45) is 7.05 Å². The maximum atomic E-state index is 4.71. The summed E-state index contributed by atoms with van der Waals surface area (Å²) >= 11 is 0. The minimum atomic E-state index is 0.268. The van der Waals surface area contributed by atoms with Crippen molar-refractivity contribution in [2.75, 3.05) is 11.4 Å². The first-order valence-corrected chi connectivity index (χ1v) is 9.32. The number of piperidine rings is 1. The van der Waals surface area contributed by atoms with Gasteiger partial charge in [-0.3, -0.25) is 4.68 Å². The third kappa shape index (κ3) is 2.75. The van der Waals surface area contributed by atoms with Crippen molar-refractivity contribution >= 4 is 11.6 Å². The van der Waals surface area contributed by atoms with E-state index in [9.17, 15) is 0 Å². The predicted octanol–water partition coefficient (Wildman–Crippen LogP) is 3.26. The van der Waals surface area contributed by atoms with Crippen molar-refractivity contribution in [1.29, 1.82) is 0 Å². The minimum Gasteiger partial charge on any atom is -0.348 e. The van der Waals surface area contributed by atoms with E-state index in [1.807, 2.05) is 40.6 Å². The number of aromatic nitrogens is 6. The molecule has 136 valence electrons. The molecule has 1 fully saturated rings. The van der Waals surface area contributed by atoms with E-state index in [0.717, 1.165) is 36.5 Å². The molecule has 3 aromatic heterocycles. The zero-order valence-corrected chi connectivity index (χ0v) is 15.2. The summed E-state index contributed by atoms with van der Waals surface area (Å²) in [4.78, 5) is 11.5. The average Bonchev–Trinajstić information content (AvgIpc) is 3.36. The summed E-state index contributed by atoms with van der Waals surface area (Å²) in [6, 6.07) is 14.7. The summed E-state index contributed by atoms with van der Waals surface area (Å²) in [6.07, 6.45) is 6.91. The van der Waals surface area contributed by atoms with E-state index in [1.54, 1.807) is 6.33 Å². The van der Waals surface area contributed by atoms with Crippen LogP contribution in [0, 0.1) is 0 Å². The van der Waals surface area contributed by atoms with Gasteiger partial charge in [0, 0.05) is 31.4 Å². The Morgan fingerprint density at radius 3 is 2.74 bits per heavy atom. The SMILES string of the molecule is Cn1nccc1[C@H]1CCCCN1c1cc(-c2ccccc2)nc2ncnn12. The minimum absolute atomic E-state index is 0.268. The van der Waals surface area contributed by atoms with Gasteiger partial charge in [-0.2, -0.15) is 19.7 Å².